The van der Waals surface area contributed by atoms with Crippen LogP contribution in [-0.4, -0.2) is 4.98 Å². The van der Waals surface area contributed by atoms with Gasteiger partial charge in [0, 0.05) is 11.8 Å². The summed E-state index contributed by atoms with van der Waals surface area (Å²) >= 11 is 0. The first kappa shape index (κ1) is 9.19. The third-order valence-electron chi connectivity index (χ3n) is 3.35. The lowest BCUT2D eigenvalue weighted by molar-refractivity contribution is 0.134. The van der Waals surface area contributed by atoms with Crippen LogP contribution in [0.2, 0.25) is 0 Å². The van der Waals surface area contributed by atoms with Gasteiger partial charge >= 0.3 is 0 Å². The number of benzene rings is 1. The van der Waals surface area contributed by atoms with Gasteiger partial charge in [0.25, 0.3) is 0 Å². The lowest BCUT2D eigenvalue weighted by Gasteiger charge is -2.20. The quantitative estimate of drug-likeness (QED) is 0.690. The van der Waals surface area contributed by atoms with E-state index in [1.165, 1.54) is 22.3 Å². The minimum absolute atomic E-state index is 0.626. The van der Waals surface area contributed by atoms with Crippen molar-refractivity contribution in [1.82, 2.24) is 4.98 Å². The number of rotatable bonds is 0. The van der Waals surface area contributed by atoms with Crippen LogP contribution in [-0.2, 0) is 24.6 Å². The summed E-state index contributed by atoms with van der Waals surface area (Å²) in [4.78, 5) is 4.42. The molecule has 2 aromatic rings. The Labute approximate surface area is 99.0 Å². The molecule has 0 atom stereocenters. The van der Waals surface area contributed by atoms with Gasteiger partial charge in [-0.25, -0.2) is 0 Å². The first-order valence-electron chi connectivity index (χ1n) is 5.72. The molecule has 0 N–H and O–H groups in total. The minimum atomic E-state index is 0.626. The van der Waals surface area contributed by atoms with Gasteiger partial charge in [0.2, 0.25) is 0 Å². The predicted octanol–water partition coefficient (Wildman–Crippen LogP) is 2.67. The van der Waals surface area contributed by atoms with E-state index in [0.29, 0.717) is 13.2 Å². The van der Waals surface area contributed by atoms with E-state index in [1.54, 1.807) is 6.20 Å². The summed E-state index contributed by atoms with van der Waals surface area (Å²) in [6.45, 7) is 2.06. The highest BCUT2D eigenvalue weighted by molar-refractivity contribution is 5.72. The number of pyridine rings is 1. The maximum absolute atomic E-state index is 5.71. The zero-order valence-electron chi connectivity index (χ0n) is 9.27. The molecular formula is C14H11NO2. The van der Waals surface area contributed by atoms with Gasteiger partial charge in [0.05, 0.1) is 13.2 Å². The summed E-state index contributed by atoms with van der Waals surface area (Å²) in [7, 11) is 0. The van der Waals surface area contributed by atoms with Crippen LogP contribution in [0, 0.1) is 0 Å². The maximum Gasteiger partial charge on any atom is 0.146 e. The van der Waals surface area contributed by atoms with Gasteiger partial charge in [-0.1, -0.05) is 0 Å². The molecule has 1 aromatic carbocycles. The molecule has 0 spiro atoms. The standard InChI is InChI=1S/C14H11NO2/c1-2-13-14(15-3-1)12-5-10-7-16-6-9(10)4-11(12)8-17-13/h1-5H,6-8H2. The van der Waals surface area contributed by atoms with Gasteiger partial charge < -0.3 is 9.47 Å². The molecule has 2 aliphatic rings. The van der Waals surface area contributed by atoms with Crippen molar-refractivity contribution in [3.63, 3.8) is 0 Å². The van der Waals surface area contributed by atoms with Crippen LogP contribution in [0.3, 0.4) is 0 Å². The monoisotopic (exact) mass is 225 g/mol. The molecule has 3 heteroatoms. The summed E-state index contributed by atoms with van der Waals surface area (Å²) in [5.41, 5.74) is 5.91. The van der Waals surface area contributed by atoms with Crippen molar-refractivity contribution in [2.45, 2.75) is 19.8 Å². The van der Waals surface area contributed by atoms with Crippen LogP contribution >= 0.6 is 0 Å². The second-order valence-corrected chi connectivity index (χ2v) is 4.41. The second kappa shape index (κ2) is 3.31. The largest absolute Gasteiger partial charge is 0.487 e. The second-order valence-electron chi connectivity index (χ2n) is 4.41. The molecule has 1 aromatic heterocycles. The Morgan fingerprint density at radius 1 is 1.00 bits per heavy atom. The SMILES string of the molecule is c1cnc2c(c1)OCc1cc3c(cc1-2)COC3. The van der Waals surface area contributed by atoms with E-state index in [9.17, 15) is 0 Å². The van der Waals surface area contributed by atoms with E-state index in [1.807, 2.05) is 12.1 Å². The van der Waals surface area contributed by atoms with Gasteiger partial charge in [-0.05, 0) is 41.0 Å². The molecule has 4 rings (SSSR count). The fourth-order valence-corrected chi connectivity index (χ4v) is 2.48. The Hall–Kier alpha value is -1.87. The van der Waals surface area contributed by atoms with Crippen molar-refractivity contribution in [2.75, 3.05) is 0 Å². The third-order valence-corrected chi connectivity index (χ3v) is 3.35. The third kappa shape index (κ3) is 1.29. The zero-order valence-corrected chi connectivity index (χ0v) is 9.27. The smallest absolute Gasteiger partial charge is 0.146 e. The highest BCUT2D eigenvalue weighted by atomic mass is 16.5. The van der Waals surface area contributed by atoms with Crippen LogP contribution in [0.15, 0.2) is 30.5 Å². The lowest BCUT2D eigenvalue weighted by Crippen LogP contribution is -2.07. The summed E-state index contributed by atoms with van der Waals surface area (Å²) in [6.07, 6.45) is 1.81. The first-order chi connectivity index (χ1) is 8.42. The number of hydrogen-bond donors (Lipinski definition) is 0. The van der Waals surface area contributed by atoms with Gasteiger partial charge in [0.1, 0.15) is 18.1 Å². The van der Waals surface area contributed by atoms with Crippen LogP contribution in [0.5, 0.6) is 5.75 Å². The molecule has 0 bridgehead atoms. The van der Waals surface area contributed by atoms with E-state index in [4.69, 9.17) is 9.47 Å². The maximum atomic E-state index is 5.71. The zero-order chi connectivity index (χ0) is 11.2. The van der Waals surface area contributed by atoms with Crippen molar-refractivity contribution in [1.29, 1.82) is 0 Å². The molecule has 3 heterocycles. The van der Waals surface area contributed by atoms with Crippen LogP contribution in [0.1, 0.15) is 16.7 Å². The van der Waals surface area contributed by atoms with Crippen molar-refractivity contribution in [3.8, 4) is 17.0 Å². The molecule has 2 aliphatic heterocycles. The summed E-state index contributed by atoms with van der Waals surface area (Å²) in [5, 5.41) is 0. The van der Waals surface area contributed by atoms with Crippen molar-refractivity contribution < 1.29 is 9.47 Å². The van der Waals surface area contributed by atoms with Crippen LogP contribution in [0.4, 0.5) is 0 Å². The minimum Gasteiger partial charge on any atom is -0.487 e. The van der Waals surface area contributed by atoms with E-state index < -0.39 is 0 Å². The highest BCUT2D eigenvalue weighted by Crippen LogP contribution is 2.38. The Kier molecular flexibility index (Phi) is 1.79. The summed E-state index contributed by atoms with van der Waals surface area (Å²) in [6, 6.07) is 8.26. The van der Waals surface area contributed by atoms with Gasteiger partial charge in [-0.2, -0.15) is 0 Å². The molecule has 17 heavy (non-hydrogen) atoms. The fourth-order valence-electron chi connectivity index (χ4n) is 2.48. The Morgan fingerprint density at radius 2 is 1.88 bits per heavy atom. The molecule has 0 unspecified atom stereocenters. The molecule has 0 radical (unpaired) electrons. The topological polar surface area (TPSA) is 31.4 Å². The fraction of sp³-hybridized carbons (Fsp3) is 0.214. The predicted molar refractivity (Wildman–Crippen MR) is 62.5 cm³/mol. The molecule has 84 valence electrons. The van der Waals surface area contributed by atoms with E-state index in [-0.39, 0.29) is 0 Å². The molecule has 0 saturated heterocycles. The van der Waals surface area contributed by atoms with Gasteiger partial charge in [0.15, 0.2) is 0 Å². The Bertz CT molecular complexity index is 607. The van der Waals surface area contributed by atoms with Crippen LogP contribution < -0.4 is 4.74 Å². The lowest BCUT2D eigenvalue weighted by atomic mass is 9.96. The molecular weight excluding hydrogens is 214 g/mol. The molecule has 0 fully saturated rings. The van der Waals surface area contributed by atoms with Crippen molar-refractivity contribution in [2.24, 2.45) is 0 Å². The van der Waals surface area contributed by atoms with E-state index >= 15 is 0 Å². The molecule has 3 nitrogen and oxygen atoms in total. The van der Waals surface area contributed by atoms with Gasteiger partial charge in [-0.15, -0.1) is 0 Å². The number of hydrogen-bond acceptors (Lipinski definition) is 3. The average molecular weight is 225 g/mol. The Morgan fingerprint density at radius 3 is 2.82 bits per heavy atom. The summed E-state index contributed by atoms with van der Waals surface area (Å²) in [5.74, 6) is 0.874. The molecule has 0 saturated carbocycles. The highest BCUT2D eigenvalue weighted by Gasteiger charge is 2.22. The van der Waals surface area contributed by atoms with E-state index in [0.717, 1.165) is 18.1 Å². The van der Waals surface area contributed by atoms with E-state index in [2.05, 4.69) is 17.1 Å². The normalized spacial score (nSPS) is 15.8. The van der Waals surface area contributed by atoms with Gasteiger partial charge in [-0.3, -0.25) is 4.98 Å². The molecule has 0 aliphatic carbocycles. The number of aromatic nitrogens is 1. The number of nitrogens with zero attached hydrogens (tertiary/aromatic N) is 1. The van der Waals surface area contributed by atoms with Crippen molar-refractivity contribution >= 4 is 0 Å². The summed E-state index contributed by atoms with van der Waals surface area (Å²) < 4.78 is 11.2. The van der Waals surface area contributed by atoms with Crippen molar-refractivity contribution in [3.05, 3.63) is 47.2 Å². The molecule has 0 amide bonds. The Balaban J connectivity index is 1.98. The number of ether oxygens (including phenoxy) is 2. The number of fused-ring (bicyclic) bond motifs is 4. The van der Waals surface area contributed by atoms with Crippen LogP contribution in [0.25, 0.3) is 11.3 Å². The first-order valence-corrected chi connectivity index (χ1v) is 5.72. The average Bonchev–Trinajstić information content (AvgIpc) is 2.83.